The number of halogens is 1. The second-order valence-electron chi connectivity index (χ2n) is 8.53. The molecule has 1 aliphatic carbocycles. The molecule has 2 aliphatic rings. The molecule has 3 atom stereocenters. The van der Waals surface area contributed by atoms with Crippen molar-refractivity contribution in [3.63, 3.8) is 0 Å². The third-order valence-corrected chi connectivity index (χ3v) is 6.40. The highest BCUT2D eigenvalue weighted by Gasteiger charge is 2.49. The van der Waals surface area contributed by atoms with Gasteiger partial charge in [0.25, 0.3) is 5.69 Å². The van der Waals surface area contributed by atoms with Gasteiger partial charge >= 0.3 is 6.09 Å². The fourth-order valence-electron chi connectivity index (χ4n) is 4.00. The number of nitrogens with zero attached hydrogens (tertiary/aromatic N) is 2. The summed E-state index contributed by atoms with van der Waals surface area (Å²) in [5, 5.41) is 14.3. The molecular formula is C20H26FN3O5S. The molecule has 0 aromatic heterocycles. The number of amidine groups is 1. The number of thioether (sulfide) groups is 1. The number of carbonyl (C=O) groups is 1. The Morgan fingerprint density at radius 3 is 2.80 bits per heavy atom. The van der Waals surface area contributed by atoms with Gasteiger partial charge in [-0.1, -0.05) is 11.8 Å². The van der Waals surface area contributed by atoms with E-state index in [2.05, 4.69) is 5.32 Å². The molecular weight excluding hydrogens is 413 g/mol. The van der Waals surface area contributed by atoms with Crippen LogP contribution in [0.15, 0.2) is 23.2 Å². The van der Waals surface area contributed by atoms with Crippen LogP contribution in [-0.4, -0.2) is 40.8 Å². The average Bonchev–Trinajstić information content (AvgIpc) is 2.66. The smallest absolute Gasteiger partial charge is 0.413 e. The van der Waals surface area contributed by atoms with Crippen molar-refractivity contribution in [3.8, 4) is 0 Å². The van der Waals surface area contributed by atoms with Crippen LogP contribution in [0, 0.1) is 21.8 Å². The third-order valence-electron chi connectivity index (χ3n) is 5.36. The van der Waals surface area contributed by atoms with E-state index >= 15 is 0 Å². The molecule has 1 heterocycles. The van der Waals surface area contributed by atoms with Gasteiger partial charge in [0.05, 0.1) is 16.6 Å². The number of nitro groups is 1. The first-order chi connectivity index (χ1) is 14.0. The fraction of sp³-hybridized carbons (Fsp3) is 0.600. The molecule has 164 valence electrons. The lowest BCUT2D eigenvalue weighted by atomic mass is 9.68. The van der Waals surface area contributed by atoms with Gasteiger partial charge in [0.15, 0.2) is 5.17 Å². The molecule has 0 radical (unpaired) electrons. The molecule has 2 unspecified atom stereocenters. The topological polar surface area (TPSA) is 103 Å². The molecule has 30 heavy (non-hydrogen) atoms. The van der Waals surface area contributed by atoms with Gasteiger partial charge in [-0.3, -0.25) is 20.4 Å². The highest BCUT2D eigenvalue weighted by atomic mass is 32.2. The summed E-state index contributed by atoms with van der Waals surface area (Å²) in [4.78, 5) is 27.7. The summed E-state index contributed by atoms with van der Waals surface area (Å²) in [5.41, 5.74) is -1.70. The molecule has 0 saturated heterocycles. The minimum atomic E-state index is -1.01. The van der Waals surface area contributed by atoms with Crippen molar-refractivity contribution in [3.05, 3.63) is 39.7 Å². The SMILES string of the molecule is CO[C@@H]1CCC2(c3cc([N+](=O)[O-])ccc3F)N=C(NC(=O)OC(C)(C)C)SCC2C1. The summed E-state index contributed by atoms with van der Waals surface area (Å²) >= 11 is 1.35. The molecule has 10 heteroatoms. The number of rotatable bonds is 3. The molecule has 1 aliphatic heterocycles. The average molecular weight is 440 g/mol. The number of fused-ring (bicyclic) bond motifs is 1. The molecule has 0 bridgehead atoms. The number of hydrogen-bond donors (Lipinski definition) is 1. The standard InChI is InChI=1S/C20H26FN3O5S/c1-19(2,3)29-18(25)22-17-23-20(8-7-14(28-4)9-12(20)11-30-17)15-10-13(24(26)27)5-6-16(15)21/h5-6,10,12,14H,7-9,11H2,1-4H3,(H,22,23,25)/t12?,14-,20?/m1/s1. The van der Waals surface area contributed by atoms with Gasteiger partial charge in [0.2, 0.25) is 0 Å². The van der Waals surface area contributed by atoms with E-state index in [-0.39, 0.29) is 23.3 Å². The van der Waals surface area contributed by atoms with Crippen LogP contribution in [0.25, 0.3) is 0 Å². The summed E-state index contributed by atoms with van der Waals surface area (Å²) in [6.45, 7) is 5.26. The van der Waals surface area contributed by atoms with E-state index < -0.39 is 28.0 Å². The predicted molar refractivity (Wildman–Crippen MR) is 112 cm³/mol. The lowest BCUT2D eigenvalue weighted by Gasteiger charge is -2.46. The van der Waals surface area contributed by atoms with E-state index in [1.165, 1.54) is 17.8 Å². The van der Waals surface area contributed by atoms with E-state index in [4.69, 9.17) is 14.5 Å². The van der Waals surface area contributed by atoms with Gasteiger partial charge in [0, 0.05) is 36.5 Å². The zero-order chi connectivity index (χ0) is 22.1. The van der Waals surface area contributed by atoms with Crippen LogP contribution < -0.4 is 5.32 Å². The highest BCUT2D eigenvalue weighted by Crippen LogP contribution is 2.50. The number of aliphatic imine (C=N–C) groups is 1. The molecule has 1 saturated carbocycles. The number of nitrogens with one attached hydrogen (secondary N) is 1. The first kappa shape index (κ1) is 22.5. The number of methoxy groups -OCH3 is 1. The van der Waals surface area contributed by atoms with Crippen molar-refractivity contribution in [2.24, 2.45) is 10.9 Å². The Labute approximate surface area is 178 Å². The lowest BCUT2D eigenvalue weighted by molar-refractivity contribution is -0.385. The van der Waals surface area contributed by atoms with Crippen LogP contribution in [-0.2, 0) is 15.0 Å². The van der Waals surface area contributed by atoms with Crippen LogP contribution >= 0.6 is 11.8 Å². The maximum Gasteiger partial charge on any atom is 0.413 e. The van der Waals surface area contributed by atoms with E-state index in [1.54, 1.807) is 27.9 Å². The van der Waals surface area contributed by atoms with Gasteiger partial charge in [-0.15, -0.1) is 0 Å². The quantitative estimate of drug-likeness (QED) is 0.554. The zero-order valence-corrected chi connectivity index (χ0v) is 18.3. The monoisotopic (exact) mass is 439 g/mol. The summed E-state index contributed by atoms with van der Waals surface area (Å²) in [7, 11) is 1.64. The number of alkyl carbamates (subject to hydrolysis) is 1. The Kier molecular flexibility index (Phi) is 6.37. The lowest BCUT2D eigenvalue weighted by Crippen LogP contribution is -2.48. The molecule has 1 fully saturated rings. The minimum absolute atomic E-state index is 0.0149. The second-order valence-corrected chi connectivity index (χ2v) is 9.54. The normalized spacial score (nSPS) is 26.4. The van der Waals surface area contributed by atoms with Crippen molar-refractivity contribution in [2.75, 3.05) is 12.9 Å². The van der Waals surface area contributed by atoms with Gasteiger partial charge < -0.3 is 9.47 Å². The number of hydrogen-bond acceptors (Lipinski definition) is 7. The number of non-ortho nitro benzene ring substituents is 1. The summed E-state index contributed by atoms with van der Waals surface area (Å²) in [6, 6.07) is 3.52. The Morgan fingerprint density at radius 2 is 2.17 bits per heavy atom. The van der Waals surface area contributed by atoms with Gasteiger partial charge in [0.1, 0.15) is 11.4 Å². The first-order valence-electron chi connectivity index (χ1n) is 9.74. The van der Waals surface area contributed by atoms with E-state index in [0.29, 0.717) is 30.2 Å². The van der Waals surface area contributed by atoms with Crippen LogP contribution in [0.5, 0.6) is 0 Å². The van der Waals surface area contributed by atoms with Crippen LogP contribution in [0.1, 0.15) is 45.6 Å². The Bertz CT molecular complexity index is 872. The van der Waals surface area contributed by atoms with Crippen LogP contribution in [0.2, 0.25) is 0 Å². The molecule has 8 nitrogen and oxygen atoms in total. The van der Waals surface area contributed by atoms with Crippen molar-refractivity contribution in [1.82, 2.24) is 5.32 Å². The van der Waals surface area contributed by atoms with E-state index in [0.717, 1.165) is 12.1 Å². The van der Waals surface area contributed by atoms with Gasteiger partial charge in [-0.2, -0.15) is 0 Å². The fourth-order valence-corrected chi connectivity index (χ4v) is 5.16. The Hall–Kier alpha value is -2.20. The predicted octanol–water partition coefficient (Wildman–Crippen LogP) is 4.37. The third kappa shape index (κ3) is 4.75. The number of benzene rings is 1. The van der Waals surface area contributed by atoms with Crippen molar-refractivity contribution < 1.29 is 23.6 Å². The highest BCUT2D eigenvalue weighted by molar-refractivity contribution is 8.13. The number of nitro benzene ring substituents is 1. The van der Waals surface area contributed by atoms with Crippen molar-refractivity contribution in [2.45, 2.75) is 57.3 Å². The van der Waals surface area contributed by atoms with E-state index in [1.807, 2.05) is 0 Å². The van der Waals surface area contributed by atoms with Gasteiger partial charge in [-0.25, -0.2) is 9.18 Å². The minimum Gasteiger partial charge on any atom is -0.444 e. The van der Waals surface area contributed by atoms with E-state index in [9.17, 15) is 19.3 Å². The van der Waals surface area contributed by atoms with Crippen molar-refractivity contribution >= 4 is 28.7 Å². The Balaban J connectivity index is 2.02. The van der Waals surface area contributed by atoms with Gasteiger partial charge in [-0.05, 0) is 46.1 Å². The molecule has 1 N–H and O–H groups in total. The summed E-state index contributed by atoms with van der Waals surface area (Å²) < 4.78 is 25.7. The first-order valence-corrected chi connectivity index (χ1v) is 10.7. The molecule has 1 aromatic carbocycles. The number of amides is 1. The Morgan fingerprint density at radius 1 is 1.43 bits per heavy atom. The number of carbonyl (C=O) groups excluding carboxylic acids is 1. The molecule has 1 amide bonds. The van der Waals surface area contributed by atoms with Crippen LogP contribution in [0.4, 0.5) is 14.9 Å². The zero-order valence-electron chi connectivity index (χ0n) is 17.4. The number of ether oxygens (including phenoxy) is 2. The maximum atomic E-state index is 14.9. The van der Waals surface area contributed by atoms with Crippen LogP contribution in [0.3, 0.4) is 0 Å². The largest absolute Gasteiger partial charge is 0.444 e. The van der Waals surface area contributed by atoms with Crippen molar-refractivity contribution in [1.29, 1.82) is 0 Å². The molecule has 1 aromatic rings. The summed E-state index contributed by atoms with van der Waals surface area (Å²) in [5.74, 6) is -0.0768. The molecule has 0 spiro atoms. The maximum absolute atomic E-state index is 14.9. The second kappa shape index (κ2) is 8.50. The molecule has 3 rings (SSSR count). The summed E-state index contributed by atoms with van der Waals surface area (Å²) in [6.07, 6.45) is 1.10.